The van der Waals surface area contributed by atoms with Crippen LogP contribution in [0.5, 0.6) is 0 Å². The van der Waals surface area contributed by atoms with Crippen LogP contribution in [0.1, 0.15) is 43.7 Å². The molecule has 0 atom stereocenters. The number of carbonyl (C=O) groups excluding carboxylic acids is 1. The van der Waals surface area contributed by atoms with E-state index in [9.17, 15) is 4.79 Å². The van der Waals surface area contributed by atoms with Gasteiger partial charge in [-0.1, -0.05) is 27.7 Å². The standard InChI is InChI=1S/C16H26N2O2/c1-11(2)15(12(3)4)10-17-9-14-7-6-13(8-18-14)16(19)20-5/h6-8,11-12,15,17H,9-10H2,1-5H3. The summed E-state index contributed by atoms with van der Waals surface area (Å²) in [6, 6.07) is 3.61. The molecule has 20 heavy (non-hydrogen) atoms. The van der Waals surface area contributed by atoms with Crippen LogP contribution < -0.4 is 5.32 Å². The number of hydrogen-bond donors (Lipinski definition) is 1. The molecule has 0 fully saturated rings. The van der Waals surface area contributed by atoms with Crippen molar-refractivity contribution in [2.24, 2.45) is 17.8 Å². The first kappa shape index (κ1) is 16.6. The molecule has 4 heteroatoms. The zero-order chi connectivity index (χ0) is 15.1. The number of hydrogen-bond acceptors (Lipinski definition) is 4. The van der Waals surface area contributed by atoms with E-state index in [4.69, 9.17) is 0 Å². The van der Waals surface area contributed by atoms with E-state index in [1.165, 1.54) is 7.11 Å². The summed E-state index contributed by atoms with van der Waals surface area (Å²) in [6.07, 6.45) is 1.56. The second kappa shape index (κ2) is 8.00. The fourth-order valence-corrected chi connectivity index (χ4v) is 2.38. The predicted molar refractivity (Wildman–Crippen MR) is 80.4 cm³/mol. The summed E-state index contributed by atoms with van der Waals surface area (Å²) in [6.45, 7) is 10.7. The first-order chi connectivity index (χ1) is 9.45. The van der Waals surface area contributed by atoms with Crippen LogP contribution in [0.2, 0.25) is 0 Å². The number of nitrogens with zero attached hydrogens (tertiary/aromatic N) is 1. The van der Waals surface area contributed by atoms with Gasteiger partial charge in [-0.2, -0.15) is 0 Å². The third-order valence-corrected chi connectivity index (χ3v) is 3.64. The van der Waals surface area contributed by atoms with Gasteiger partial charge < -0.3 is 10.1 Å². The van der Waals surface area contributed by atoms with Crippen LogP contribution >= 0.6 is 0 Å². The molecule has 0 bridgehead atoms. The van der Waals surface area contributed by atoms with Gasteiger partial charge in [0, 0.05) is 12.7 Å². The summed E-state index contributed by atoms with van der Waals surface area (Å²) in [5.74, 6) is 1.63. The van der Waals surface area contributed by atoms with E-state index in [1.54, 1.807) is 12.3 Å². The Morgan fingerprint density at radius 2 is 1.90 bits per heavy atom. The number of carbonyl (C=O) groups is 1. The molecule has 0 aliphatic heterocycles. The van der Waals surface area contributed by atoms with Crippen molar-refractivity contribution in [1.29, 1.82) is 0 Å². The molecule has 0 aliphatic carbocycles. The van der Waals surface area contributed by atoms with Crippen LogP contribution in [0.25, 0.3) is 0 Å². The highest BCUT2D eigenvalue weighted by atomic mass is 16.5. The maximum absolute atomic E-state index is 11.3. The normalized spacial score (nSPS) is 11.4. The van der Waals surface area contributed by atoms with Crippen molar-refractivity contribution in [2.75, 3.05) is 13.7 Å². The lowest BCUT2D eigenvalue weighted by Gasteiger charge is -2.25. The van der Waals surface area contributed by atoms with Crippen LogP contribution in [-0.4, -0.2) is 24.6 Å². The van der Waals surface area contributed by atoms with Crippen LogP contribution in [0, 0.1) is 17.8 Å². The van der Waals surface area contributed by atoms with Gasteiger partial charge in [0.25, 0.3) is 0 Å². The van der Waals surface area contributed by atoms with Gasteiger partial charge in [-0.3, -0.25) is 4.98 Å². The van der Waals surface area contributed by atoms with E-state index in [2.05, 4.69) is 42.7 Å². The van der Waals surface area contributed by atoms with Gasteiger partial charge in [0.2, 0.25) is 0 Å². The monoisotopic (exact) mass is 278 g/mol. The van der Waals surface area contributed by atoms with Crippen molar-refractivity contribution in [2.45, 2.75) is 34.2 Å². The second-order valence-electron chi connectivity index (χ2n) is 5.81. The first-order valence-electron chi connectivity index (χ1n) is 7.19. The lowest BCUT2D eigenvalue weighted by molar-refractivity contribution is 0.0600. The van der Waals surface area contributed by atoms with E-state index >= 15 is 0 Å². The molecular weight excluding hydrogens is 252 g/mol. The van der Waals surface area contributed by atoms with Gasteiger partial charge >= 0.3 is 5.97 Å². The molecule has 1 aromatic heterocycles. The summed E-state index contributed by atoms with van der Waals surface area (Å²) >= 11 is 0. The van der Waals surface area contributed by atoms with E-state index in [0.29, 0.717) is 23.3 Å². The molecular formula is C16H26N2O2. The molecule has 0 amide bonds. The second-order valence-corrected chi connectivity index (χ2v) is 5.81. The number of methoxy groups -OCH3 is 1. The third-order valence-electron chi connectivity index (χ3n) is 3.64. The van der Waals surface area contributed by atoms with Crippen molar-refractivity contribution in [3.05, 3.63) is 29.6 Å². The van der Waals surface area contributed by atoms with Crippen molar-refractivity contribution in [3.63, 3.8) is 0 Å². The Morgan fingerprint density at radius 1 is 1.25 bits per heavy atom. The minimum atomic E-state index is -0.350. The quantitative estimate of drug-likeness (QED) is 0.779. The van der Waals surface area contributed by atoms with Crippen molar-refractivity contribution >= 4 is 5.97 Å². The SMILES string of the molecule is COC(=O)c1ccc(CNCC(C(C)C)C(C)C)nc1. The highest BCUT2D eigenvalue weighted by Gasteiger charge is 2.16. The smallest absolute Gasteiger partial charge is 0.339 e. The van der Waals surface area contributed by atoms with Gasteiger partial charge in [-0.25, -0.2) is 4.79 Å². The van der Waals surface area contributed by atoms with Crippen LogP contribution in [0.15, 0.2) is 18.3 Å². The Morgan fingerprint density at radius 3 is 2.35 bits per heavy atom. The number of aromatic nitrogens is 1. The topological polar surface area (TPSA) is 51.2 Å². The first-order valence-corrected chi connectivity index (χ1v) is 7.19. The minimum Gasteiger partial charge on any atom is -0.465 e. The fourth-order valence-electron chi connectivity index (χ4n) is 2.38. The minimum absolute atomic E-state index is 0.350. The Bertz CT molecular complexity index is 405. The largest absolute Gasteiger partial charge is 0.465 e. The fraction of sp³-hybridized carbons (Fsp3) is 0.625. The molecule has 0 saturated carbocycles. The van der Waals surface area contributed by atoms with Gasteiger partial charge in [0.1, 0.15) is 0 Å². The lowest BCUT2D eigenvalue weighted by atomic mass is 9.85. The average molecular weight is 278 g/mol. The average Bonchev–Trinajstić information content (AvgIpc) is 2.42. The summed E-state index contributed by atoms with van der Waals surface area (Å²) in [4.78, 5) is 15.6. The molecule has 1 aromatic rings. The van der Waals surface area contributed by atoms with Gasteiger partial charge in [-0.05, 0) is 36.4 Å². The number of nitrogens with one attached hydrogen (secondary N) is 1. The van der Waals surface area contributed by atoms with Crippen molar-refractivity contribution in [1.82, 2.24) is 10.3 Å². The zero-order valence-electron chi connectivity index (χ0n) is 13.1. The highest BCUT2D eigenvalue weighted by Crippen LogP contribution is 2.19. The van der Waals surface area contributed by atoms with E-state index in [0.717, 1.165) is 18.8 Å². The van der Waals surface area contributed by atoms with Crippen LogP contribution in [0.3, 0.4) is 0 Å². The van der Waals surface area contributed by atoms with E-state index in [1.807, 2.05) is 6.07 Å². The summed E-state index contributed by atoms with van der Waals surface area (Å²) in [7, 11) is 1.37. The summed E-state index contributed by atoms with van der Waals surface area (Å²) in [5, 5.41) is 3.45. The molecule has 1 heterocycles. The van der Waals surface area contributed by atoms with Gasteiger partial charge in [-0.15, -0.1) is 0 Å². The Balaban J connectivity index is 2.48. The molecule has 0 radical (unpaired) electrons. The number of ether oxygens (including phenoxy) is 1. The molecule has 112 valence electrons. The summed E-state index contributed by atoms with van der Waals surface area (Å²) in [5.41, 5.74) is 1.42. The van der Waals surface area contributed by atoms with Gasteiger partial charge in [0.05, 0.1) is 18.4 Å². The summed E-state index contributed by atoms with van der Waals surface area (Å²) < 4.78 is 4.65. The number of esters is 1. The van der Waals surface area contributed by atoms with E-state index in [-0.39, 0.29) is 5.97 Å². The molecule has 0 aliphatic rings. The van der Waals surface area contributed by atoms with Gasteiger partial charge in [0.15, 0.2) is 0 Å². The lowest BCUT2D eigenvalue weighted by Crippen LogP contribution is -2.29. The Kier molecular flexibility index (Phi) is 6.65. The molecule has 1 N–H and O–H groups in total. The molecule has 0 aromatic carbocycles. The Labute approximate surface area is 121 Å². The zero-order valence-corrected chi connectivity index (χ0v) is 13.1. The third kappa shape index (κ3) is 4.93. The number of rotatable bonds is 7. The maximum atomic E-state index is 11.3. The predicted octanol–water partition coefficient (Wildman–Crippen LogP) is 2.89. The molecule has 0 saturated heterocycles. The molecule has 0 spiro atoms. The van der Waals surface area contributed by atoms with E-state index < -0.39 is 0 Å². The maximum Gasteiger partial charge on any atom is 0.339 e. The van der Waals surface area contributed by atoms with Crippen LogP contribution in [-0.2, 0) is 11.3 Å². The molecule has 4 nitrogen and oxygen atoms in total. The molecule has 0 unspecified atom stereocenters. The Hall–Kier alpha value is -1.42. The van der Waals surface area contributed by atoms with Crippen LogP contribution in [0.4, 0.5) is 0 Å². The number of pyridine rings is 1. The van der Waals surface area contributed by atoms with Crippen molar-refractivity contribution < 1.29 is 9.53 Å². The highest BCUT2D eigenvalue weighted by molar-refractivity contribution is 5.88. The molecule has 1 rings (SSSR count). The van der Waals surface area contributed by atoms with Crippen molar-refractivity contribution in [3.8, 4) is 0 Å².